The van der Waals surface area contributed by atoms with Gasteiger partial charge >= 0.3 is 0 Å². The molecule has 1 aliphatic heterocycles. The molecule has 2 rings (SSSR count). The average Bonchev–Trinajstić information content (AvgIpc) is 2.41. The van der Waals surface area contributed by atoms with Crippen molar-refractivity contribution < 1.29 is 26.8 Å². The monoisotopic (exact) mass is 269 g/mol. The summed E-state index contributed by atoms with van der Waals surface area (Å²) in [5, 5.41) is 0. The summed E-state index contributed by atoms with van der Waals surface area (Å²) in [7, 11) is 0. The number of rotatable bonds is 5. The van der Waals surface area contributed by atoms with Crippen molar-refractivity contribution in [3.8, 4) is 0 Å². The first-order valence-electron chi connectivity index (χ1n) is 6.36. The molecule has 4 heteroatoms. The fourth-order valence-corrected chi connectivity index (χ4v) is 2.18. The van der Waals surface area contributed by atoms with Gasteiger partial charge in [0, 0.05) is 18.4 Å². The largest absolute Gasteiger partial charge is 1.00 e. The molecule has 1 heterocycles. The Kier molecular flexibility index (Phi) is 6.94. The minimum atomic E-state index is 0. The van der Waals surface area contributed by atoms with Crippen LogP contribution in [0.2, 0.25) is 0 Å². The highest BCUT2D eigenvalue weighted by atomic mass is 35.5. The highest BCUT2D eigenvalue weighted by Gasteiger charge is 2.14. The molecule has 0 aliphatic carbocycles. The van der Waals surface area contributed by atoms with Crippen molar-refractivity contribution >= 4 is 5.78 Å². The molecule has 0 saturated carbocycles. The van der Waals surface area contributed by atoms with E-state index in [1.54, 1.807) is 4.90 Å². The quantitative estimate of drug-likeness (QED) is 0.603. The van der Waals surface area contributed by atoms with E-state index in [4.69, 9.17) is 4.74 Å². The molecule has 0 unspecified atom stereocenters. The standard InChI is InChI=1S/C14H19NO2.ClH/c16-14(13-5-2-1-3-6-13)7-4-8-15-9-11-17-12-10-15;/h1-3,5-6H,4,7-12H2;1H. The second-order valence-corrected chi connectivity index (χ2v) is 4.51. The molecule has 1 N–H and O–H groups in total. The summed E-state index contributed by atoms with van der Waals surface area (Å²) in [5.41, 5.74) is 0.837. The first kappa shape index (κ1) is 15.2. The van der Waals surface area contributed by atoms with Crippen molar-refractivity contribution in [2.24, 2.45) is 0 Å². The van der Waals surface area contributed by atoms with E-state index in [0.29, 0.717) is 6.42 Å². The van der Waals surface area contributed by atoms with Crippen LogP contribution in [0.15, 0.2) is 30.3 Å². The van der Waals surface area contributed by atoms with Crippen LogP contribution in [0.1, 0.15) is 23.2 Å². The molecule has 0 spiro atoms. The number of ether oxygens (including phenoxy) is 1. The molecule has 1 aromatic rings. The van der Waals surface area contributed by atoms with E-state index in [0.717, 1.165) is 44.8 Å². The molecular formula is C14H20ClNO2. The van der Waals surface area contributed by atoms with Gasteiger partial charge < -0.3 is 22.0 Å². The summed E-state index contributed by atoms with van der Waals surface area (Å²) in [6, 6.07) is 9.56. The second kappa shape index (κ2) is 8.25. The Morgan fingerprint density at radius 3 is 2.50 bits per heavy atom. The van der Waals surface area contributed by atoms with Crippen LogP contribution in [0.5, 0.6) is 0 Å². The summed E-state index contributed by atoms with van der Waals surface area (Å²) in [6.45, 7) is 4.98. The molecule has 0 bridgehead atoms. The van der Waals surface area contributed by atoms with Crippen LogP contribution in [0.25, 0.3) is 0 Å². The van der Waals surface area contributed by atoms with Gasteiger partial charge in [-0.15, -0.1) is 0 Å². The van der Waals surface area contributed by atoms with E-state index in [1.165, 1.54) is 0 Å². The average molecular weight is 270 g/mol. The van der Waals surface area contributed by atoms with Gasteiger partial charge in [0.2, 0.25) is 0 Å². The molecule has 0 atom stereocenters. The van der Waals surface area contributed by atoms with Gasteiger partial charge in [-0.25, -0.2) is 0 Å². The van der Waals surface area contributed by atoms with Crippen LogP contribution in [0.3, 0.4) is 0 Å². The Bertz CT molecular complexity index is 350. The highest BCUT2D eigenvalue weighted by molar-refractivity contribution is 5.95. The van der Waals surface area contributed by atoms with Crippen LogP contribution in [-0.4, -0.2) is 38.6 Å². The van der Waals surface area contributed by atoms with Crippen molar-refractivity contribution in [3.63, 3.8) is 0 Å². The topological polar surface area (TPSA) is 30.7 Å². The normalized spacial score (nSPS) is 16.0. The molecule has 18 heavy (non-hydrogen) atoms. The zero-order valence-electron chi connectivity index (χ0n) is 10.5. The summed E-state index contributed by atoms with van der Waals surface area (Å²) < 4.78 is 5.31. The molecule has 0 radical (unpaired) electrons. The number of benzene rings is 1. The third-order valence-corrected chi connectivity index (χ3v) is 3.23. The van der Waals surface area contributed by atoms with Crippen molar-refractivity contribution in [3.05, 3.63) is 35.9 Å². The first-order chi connectivity index (χ1) is 8.36. The lowest BCUT2D eigenvalue weighted by Crippen LogP contribution is -3.14. The summed E-state index contributed by atoms with van der Waals surface area (Å²) >= 11 is 0. The van der Waals surface area contributed by atoms with E-state index in [2.05, 4.69) is 0 Å². The van der Waals surface area contributed by atoms with Gasteiger partial charge in [0.1, 0.15) is 13.1 Å². The summed E-state index contributed by atoms with van der Waals surface area (Å²) in [4.78, 5) is 13.4. The maximum atomic E-state index is 11.9. The van der Waals surface area contributed by atoms with E-state index >= 15 is 0 Å². The number of Topliss-reactive ketones (excluding diaryl/α,β-unsaturated/α-hetero) is 1. The summed E-state index contributed by atoms with van der Waals surface area (Å²) in [6.07, 6.45) is 1.64. The van der Waals surface area contributed by atoms with Gasteiger partial charge in [0.25, 0.3) is 0 Å². The Hall–Kier alpha value is -0.900. The number of hydrogen-bond acceptors (Lipinski definition) is 2. The lowest BCUT2D eigenvalue weighted by Gasteiger charge is -2.23. The molecule has 3 nitrogen and oxygen atoms in total. The van der Waals surface area contributed by atoms with Crippen LogP contribution < -0.4 is 17.3 Å². The Morgan fingerprint density at radius 1 is 1.17 bits per heavy atom. The fraction of sp³-hybridized carbons (Fsp3) is 0.500. The van der Waals surface area contributed by atoms with Gasteiger partial charge in [-0.1, -0.05) is 30.3 Å². The van der Waals surface area contributed by atoms with Gasteiger partial charge in [-0.3, -0.25) is 4.79 Å². The number of quaternary nitrogens is 1. The van der Waals surface area contributed by atoms with Gasteiger partial charge in [0.15, 0.2) is 5.78 Å². The van der Waals surface area contributed by atoms with Crippen molar-refractivity contribution in [1.29, 1.82) is 0 Å². The number of carbonyl (C=O) groups excluding carboxylic acids is 1. The smallest absolute Gasteiger partial charge is 0.163 e. The highest BCUT2D eigenvalue weighted by Crippen LogP contribution is 2.03. The van der Waals surface area contributed by atoms with Crippen molar-refractivity contribution in [2.75, 3.05) is 32.8 Å². The van der Waals surface area contributed by atoms with Crippen molar-refractivity contribution in [2.45, 2.75) is 12.8 Å². The molecule has 0 aromatic heterocycles. The molecular weight excluding hydrogens is 250 g/mol. The van der Waals surface area contributed by atoms with E-state index in [9.17, 15) is 4.79 Å². The van der Waals surface area contributed by atoms with Crippen molar-refractivity contribution in [1.82, 2.24) is 0 Å². The Morgan fingerprint density at radius 2 is 1.83 bits per heavy atom. The predicted octanol–water partition coefficient (Wildman–Crippen LogP) is -2.43. The number of hydrogen-bond donors (Lipinski definition) is 1. The maximum absolute atomic E-state index is 11.9. The molecule has 1 aromatic carbocycles. The summed E-state index contributed by atoms with van der Waals surface area (Å²) in [5.74, 6) is 0.262. The van der Waals surface area contributed by atoms with E-state index in [-0.39, 0.29) is 18.2 Å². The zero-order chi connectivity index (χ0) is 11.9. The number of nitrogens with one attached hydrogen (secondary N) is 1. The zero-order valence-corrected chi connectivity index (χ0v) is 11.3. The molecule has 100 valence electrons. The minimum absolute atomic E-state index is 0. The lowest BCUT2D eigenvalue weighted by atomic mass is 10.1. The lowest BCUT2D eigenvalue weighted by molar-refractivity contribution is -0.908. The number of ketones is 1. The van der Waals surface area contributed by atoms with Gasteiger partial charge in [-0.05, 0) is 0 Å². The third kappa shape index (κ3) is 4.77. The van der Waals surface area contributed by atoms with Crippen LogP contribution in [0, 0.1) is 0 Å². The number of morpholine rings is 1. The molecule has 1 fully saturated rings. The second-order valence-electron chi connectivity index (χ2n) is 4.51. The van der Waals surface area contributed by atoms with Crippen LogP contribution >= 0.6 is 0 Å². The van der Waals surface area contributed by atoms with Gasteiger partial charge in [-0.2, -0.15) is 0 Å². The van der Waals surface area contributed by atoms with Crippen LogP contribution in [0.4, 0.5) is 0 Å². The van der Waals surface area contributed by atoms with E-state index < -0.39 is 0 Å². The Labute approximate surface area is 115 Å². The molecule has 1 saturated heterocycles. The molecule has 1 aliphatic rings. The number of halogens is 1. The van der Waals surface area contributed by atoms with Gasteiger partial charge in [0.05, 0.1) is 19.8 Å². The molecule has 0 amide bonds. The van der Waals surface area contributed by atoms with Crippen LogP contribution in [-0.2, 0) is 4.74 Å². The first-order valence-corrected chi connectivity index (χ1v) is 6.36. The fourth-order valence-electron chi connectivity index (χ4n) is 2.18. The predicted molar refractivity (Wildman–Crippen MR) is 66.4 cm³/mol. The third-order valence-electron chi connectivity index (χ3n) is 3.23. The Balaban J connectivity index is 0.00000162. The SMILES string of the molecule is O=C(CCC[NH+]1CCOCC1)c1ccccc1.[Cl-]. The maximum Gasteiger partial charge on any atom is 0.163 e. The van der Waals surface area contributed by atoms with E-state index in [1.807, 2.05) is 30.3 Å². The number of carbonyl (C=O) groups is 1. The minimum Gasteiger partial charge on any atom is -1.00 e.